The predicted molar refractivity (Wildman–Crippen MR) is 331 cm³/mol. The van der Waals surface area contributed by atoms with Gasteiger partial charge in [-0.3, -0.25) is 28.8 Å². The number of aliphatic hydroxyl groups excluding tert-OH is 3. The molecule has 22 nitrogen and oxygen atoms in total. The van der Waals surface area contributed by atoms with Crippen molar-refractivity contribution in [3.63, 3.8) is 0 Å². The molecule has 89 heavy (non-hydrogen) atoms. The first-order valence-corrected chi connectivity index (χ1v) is 29.6. The molecule has 1 saturated heterocycles. The average molecular weight is 1230 g/mol. The summed E-state index contributed by atoms with van der Waals surface area (Å²) in [5, 5.41) is 62.5. The van der Waals surface area contributed by atoms with Gasteiger partial charge in [0.25, 0.3) is 0 Å². The number of nitrogens with one attached hydrogen (secondary N) is 4. The van der Waals surface area contributed by atoms with Crippen LogP contribution in [0.25, 0.3) is 0 Å². The number of hydrogen-bond acceptors (Lipinski definition) is 15. The van der Waals surface area contributed by atoms with E-state index < -0.39 is 95.3 Å². The van der Waals surface area contributed by atoms with Crippen LogP contribution in [-0.2, 0) is 72.8 Å². The lowest BCUT2D eigenvalue weighted by atomic mass is 9.76. The highest BCUT2D eigenvalue weighted by atomic mass is 16.7. The molecular weight excluding hydrogens is 1140 g/mol. The van der Waals surface area contributed by atoms with E-state index in [0.717, 1.165) is 16.7 Å². The Bertz CT molecular complexity index is 3360. The lowest BCUT2D eigenvalue weighted by Crippen LogP contribution is -2.61. The number of rotatable bonds is 26. The third-order valence-electron chi connectivity index (χ3n) is 15.9. The Kier molecular flexibility index (Phi) is 24.0. The maximum Gasteiger partial charge on any atom is 0.335 e. The van der Waals surface area contributed by atoms with E-state index >= 15 is 0 Å². The average Bonchev–Trinajstić information content (AvgIpc) is 2.01. The zero-order chi connectivity index (χ0) is 65.7. The zero-order valence-corrected chi connectivity index (χ0v) is 52.3. The van der Waals surface area contributed by atoms with Crippen molar-refractivity contribution in [2.75, 3.05) is 30.9 Å². The minimum absolute atomic E-state index is 0.0375. The molecule has 0 radical (unpaired) electrons. The number of unbranched alkanes of at least 4 members (excludes halogenated alkanes) is 1. The zero-order valence-electron chi connectivity index (χ0n) is 52.3. The Morgan fingerprint density at radius 3 is 2.12 bits per heavy atom. The van der Waals surface area contributed by atoms with Gasteiger partial charge >= 0.3 is 17.9 Å². The van der Waals surface area contributed by atoms with Crippen molar-refractivity contribution in [1.29, 1.82) is 0 Å². The smallest absolute Gasteiger partial charge is 0.335 e. The van der Waals surface area contributed by atoms with Crippen molar-refractivity contribution in [2.45, 2.75) is 168 Å². The van der Waals surface area contributed by atoms with E-state index in [4.69, 9.17) is 14.2 Å². The number of aliphatic hydroxyl groups is 3. The number of esters is 1. The molecule has 0 spiro atoms. The van der Waals surface area contributed by atoms with E-state index in [0.29, 0.717) is 41.8 Å². The second-order valence-electron chi connectivity index (χ2n) is 24.5. The summed E-state index contributed by atoms with van der Waals surface area (Å²) in [6.07, 6.45) is -7.64. The van der Waals surface area contributed by atoms with E-state index in [2.05, 4.69) is 33.1 Å². The molecule has 8 atom stereocenters. The summed E-state index contributed by atoms with van der Waals surface area (Å²) in [4.78, 5) is 109. The SMILES string of the molecule is CN[C@H](C(=O)N[C@H](C(=O)N(C)[C@H](/C=C(\C)C(=O)O)C(C)C)C(C)(C)C)C(C)(C)c1cccc(CC(=O)OCc2cc(C)c(OC3OC(C(=O)O)C(O)C(O)C3O)c(NC(=O)CCNC(=O)CCCCC(=O)N3Cc4ccccc4C#Cc4ccccc43)c2)c1. The summed E-state index contributed by atoms with van der Waals surface area (Å²) in [5.41, 5.74) is 3.41. The number of anilines is 2. The van der Waals surface area contributed by atoms with Crippen LogP contribution in [0.3, 0.4) is 0 Å². The van der Waals surface area contributed by atoms with Crippen LogP contribution < -0.4 is 30.9 Å². The van der Waals surface area contributed by atoms with Gasteiger partial charge in [-0.15, -0.1) is 0 Å². The summed E-state index contributed by atoms with van der Waals surface area (Å²) >= 11 is 0. The summed E-state index contributed by atoms with van der Waals surface area (Å²) < 4.78 is 17.1. The Hall–Kier alpha value is -8.46. The van der Waals surface area contributed by atoms with Gasteiger partial charge in [-0.2, -0.15) is 0 Å². The highest BCUT2D eigenvalue weighted by molar-refractivity contribution is 5.96. The van der Waals surface area contributed by atoms with E-state index in [9.17, 15) is 63.9 Å². The van der Waals surface area contributed by atoms with Crippen LogP contribution >= 0.6 is 0 Å². The lowest BCUT2D eigenvalue weighted by Gasteiger charge is -2.40. The molecule has 9 N–H and O–H groups in total. The molecular formula is C67H84N6O16. The number of nitrogens with zero attached hydrogens (tertiary/aromatic N) is 2. The maximum atomic E-state index is 14.3. The molecule has 0 aromatic heterocycles. The molecule has 22 heteroatoms. The first kappa shape index (κ1) is 69.6. The van der Waals surface area contributed by atoms with E-state index in [1.54, 1.807) is 50.2 Å². The fourth-order valence-corrected chi connectivity index (χ4v) is 10.7. The molecule has 4 aromatic rings. The van der Waals surface area contributed by atoms with Gasteiger partial charge in [-0.1, -0.05) is 121 Å². The molecule has 5 amide bonds. The molecule has 478 valence electrons. The predicted octanol–water partition coefficient (Wildman–Crippen LogP) is 5.41. The van der Waals surface area contributed by atoms with Crippen LogP contribution in [0.2, 0.25) is 0 Å². The number of para-hydroxylation sites is 1. The number of benzene rings is 4. The van der Waals surface area contributed by atoms with Crippen LogP contribution in [0.1, 0.15) is 126 Å². The quantitative estimate of drug-likeness (QED) is 0.0164. The number of carbonyl (C=O) groups excluding carboxylic acids is 6. The van der Waals surface area contributed by atoms with Crippen LogP contribution in [0, 0.1) is 30.1 Å². The van der Waals surface area contributed by atoms with Crippen molar-refractivity contribution in [3.05, 3.63) is 136 Å². The number of fused-ring (bicyclic) bond motifs is 2. The second kappa shape index (κ2) is 30.6. The van der Waals surface area contributed by atoms with Gasteiger partial charge in [0.2, 0.25) is 35.8 Å². The monoisotopic (exact) mass is 1230 g/mol. The number of ether oxygens (including phenoxy) is 3. The third kappa shape index (κ3) is 18.1. The van der Waals surface area contributed by atoms with Gasteiger partial charge in [0, 0.05) is 55.0 Å². The van der Waals surface area contributed by atoms with Crippen LogP contribution in [-0.4, -0.2) is 147 Å². The number of aliphatic carboxylic acids is 2. The molecule has 6 rings (SSSR count). The number of aryl methyl sites for hydroxylation is 1. The van der Waals surface area contributed by atoms with Crippen molar-refractivity contribution < 1.29 is 78.1 Å². The molecule has 0 bridgehead atoms. The number of carboxylic acid groups (broad SMARTS) is 2. The van der Waals surface area contributed by atoms with E-state index in [1.807, 2.05) is 103 Å². The number of carbonyl (C=O) groups is 8. The van der Waals surface area contributed by atoms with Gasteiger partial charge in [0.05, 0.1) is 36.4 Å². The van der Waals surface area contributed by atoms with Gasteiger partial charge in [0.15, 0.2) is 6.10 Å². The number of carboxylic acids is 2. The van der Waals surface area contributed by atoms with Gasteiger partial charge in [-0.05, 0) is 103 Å². The largest absolute Gasteiger partial charge is 0.479 e. The summed E-state index contributed by atoms with van der Waals surface area (Å²) in [7, 11) is 3.21. The maximum absolute atomic E-state index is 14.3. The van der Waals surface area contributed by atoms with Crippen LogP contribution in [0.15, 0.2) is 96.6 Å². The molecule has 2 heterocycles. The normalized spacial score (nSPS) is 18.4. The highest BCUT2D eigenvalue weighted by Crippen LogP contribution is 2.36. The number of likely N-dealkylation sites (N-methyl/N-ethyl adjacent to an activating group) is 2. The summed E-state index contributed by atoms with van der Waals surface area (Å²) in [5.74, 6) is 0.769. The molecule has 0 aliphatic carbocycles. The first-order valence-electron chi connectivity index (χ1n) is 29.6. The topological polar surface area (TPSA) is 320 Å². The molecule has 2 aliphatic rings. The van der Waals surface area contributed by atoms with Crippen LogP contribution in [0.4, 0.5) is 11.4 Å². The van der Waals surface area contributed by atoms with E-state index in [1.165, 1.54) is 24.0 Å². The molecule has 1 fully saturated rings. The van der Waals surface area contributed by atoms with Gasteiger partial charge in [0.1, 0.15) is 36.7 Å². The lowest BCUT2D eigenvalue weighted by molar-refractivity contribution is -0.271. The van der Waals surface area contributed by atoms with E-state index in [-0.39, 0.29) is 79.1 Å². The fourth-order valence-electron chi connectivity index (χ4n) is 10.7. The number of hydrogen-bond donors (Lipinski definition) is 9. The molecule has 0 saturated carbocycles. The Labute approximate surface area is 519 Å². The van der Waals surface area contributed by atoms with Crippen molar-refractivity contribution in [2.24, 2.45) is 11.3 Å². The number of amides is 5. The van der Waals surface area contributed by atoms with Crippen molar-refractivity contribution >= 4 is 58.8 Å². The second-order valence-corrected chi connectivity index (χ2v) is 24.5. The van der Waals surface area contributed by atoms with Gasteiger partial charge < -0.3 is 70.8 Å². The molecule has 4 aromatic carbocycles. The van der Waals surface area contributed by atoms with Crippen LogP contribution in [0.5, 0.6) is 5.75 Å². The minimum Gasteiger partial charge on any atom is -0.479 e. The molecule has 5 unspecified atom stereocenters. The summed E-state index contributed by atoms with van der Waals surface area (Å²) in [6.45, 7) is 15.9. The first-order chi connectivity index (χ1) is 41.9. The Morgan fingerprint density at radius 1 is 0.798 bits per heavy atom. The Balaban J connectivity index is 1.09. The minimum atomic E-state index is -2.01. The highest BCUT2D eigenvalue weighted by Gasteiger charge is 2.49. The summed E-state index contributed by atoms with van der Waals surface area (Å²) in [6, 6.07) is 22.7. The van der Waals surface area contributed by atoms with Gasteiger partial charge in [-0.25, -0.2) is 9.59 Å². The third-order valence-corrected chi connectivity index (χ3v) is 15.9. The molecule has 2 aliphatic heterocycles. The standard InChI is InChI=1S/C67H84N6O16/c1-38(2)49(32-40(4)63(83)84)72(11)62(82)60(66(5,6)7)71-61(81)59(68-10)67(8,9)46-23-18-19-41(33-46)35-53(77)87-37-42-31-39(3)57(88-65-56(80)54(78)55(79)58(89-65)64(85)86)47(34-42)70-51(75)29-30-69-50(74)25-16-17-26-52(76)73-36-45-22-13-12-20-43(45)27-28-44-21-14-15-24-48(44)73/h12-15,18-24,31-34,38,49,54-56,58-60,65,68,78-80H,16-17,25-26,29-30,35-37H2,1-11H3,(H,69,74)(H,70,75)(H,71,81)(H,83,84)(H,85,86)/b40-32+/t49-,54?,55?,56?,58?,59-,60-,65?/m1/s1. The fraction of sp³-hybridized carbons (Fsp3) is 0.463. The van der Waals surface area contributed by atoms with Crippen molar-refractivity contribution in [1.82, 2.24) is 20.9 Å². The van der Waals surface area contributed by atoms with Crippen molar-refractivity contribution in [3.8, 4) is 17.6 Å². The Morgan fingerprint density at radius 2 is 1.46 bits per heavy atom.